The number of aliphatic hydroxyl groups excluding tert-OH is 2. The van der Waals surface area contributed by atoms with Crippen molar-refractivity contribution in [2.45, 2.75) is 65.3 Å². The van der Waals surface area contributed by atoms with Crippen LogP contribution in [0.3, 0.4) is 0 Å². The molecule has 0 unspecified atom stereocenters. The molecular formula is C34H45N3O5. The lowest BCUT2D eigenvalue weighted by atomic mass is 9.98. The van der Waals surface area contributed by atoms with Crippen LogP contribution in [0.2, 0.25) is 0 Å². The van der Waals surface area contributed by atoms with E-state index < -0.39 is 12.1 Å². The topological polar surface area (TPSA) is 111 Å². The zero-order valence-corrected chi connectivity index (χ0v) is 25.2. The fourth-order valence-corrected chi connectivity index (χ4v) is 4.93. The van der Waals surface area contributed by atoms with E-state index in [1.807, 2.05) is 80.3 Å². The van der Waals surface area contributed by atoms with Gasteiger partial charge in [-0.15, -0.1) is 0 Å². The van der Waals surface area contributed by atoms with Crippen LogP contribution in [0.4, 0.5) is 0 Å². The minimum absolute atomic E-state index is 0.0559. The number of hydrogen-bond donors (Lipinski definition) is 4. The third-order valence-corrected chi connectivity index (χ3v) is 7.12. The Morgan fingerprint density at radius 2 is 1.57 bits per heavy atom. The molecule has 8 nitrogen and oxygen atoms in total. The molecular weight excluding hydrogens is 530 g/mol. The molecule has 0 spiro atoms. The van der Waals surface area contributed by atoms with Gasteiger partial charge in [0, 0.05) is 37.3 Å². The number of rotatable bonds is 16. The Kier molecular flexibility index (Phi) is 13.0. The number of aryl methyl sites for hydroxylation is 1. The van der Waals surface area contributed by atoms with Gasteiger partial charge in [-0.3, -0.25) is 9.59 Å². The van der Waals surface area contributed by atoms with Crippen LogP contribution >= 0.6 is 0 Å². The van der Waals surface area contributed by atoms with Gasteiger partial charge in [0.2, 0.25) is 0 Å². The summed E-state index contributed by atoms with van der Waals surface area (Å²) in [5, 5.41) is 26.9. The van der Waals surface area contributed by atoms with E-state index in [4.69, 9.17) is 4.74 Å². The largest absolute Gasteiger partial charge is 0.497 e. The Hall–Kier alpha value is -3.72. The van der Waals surface area contributed by atoms with E-state index in [-0.39, 0.29) is 25.0 Å². The van der Waals surface area contributed by atoms with Gasteiger partial charge < -0.3 is 30.5 Å². The second-order valence-electron chi connectivity index (χ2n) is 10.7. The molecule has 4 N–H and O–H groups in total. The van der Waals surface area contributed by atoms with Crippen LogP contribution in [0.5, 0.6) is 5.75 Å². The quantitative estimate of drug-likeness (QED) is 0.203. The first-order valence-electron chi connectivity index (χ1n) is 14.7. The molecule has 0 aliphatic carbocycles. The maximum Gasteiger partial charge on any atom is 0.253 e. The third-order valence-electron chi connectivity index (χ3n) is 7.12. The standard InChI is InChI=1S/C34H45N3O5/c1-5-14-37(15-6-2)34(41)29-17-24(3)16-28(20-29)33(40)36-31(19-25-10-12-26(23-38)13-11-25)32(39)22-35-21-27-8-7-9-30(18-27)42-4/h7-13,16-18,20,31-32,35,38-39H,5-6,14-15,19,21-23H2,1-4H3,(H,36,40)/t31-,32+/m0/s1. The lowest BCUT2D eigenvalue weighted by Crippen LogP contribution is -2.48. The fourth-order valence-electron chi connectivity index (χ4n) is 4.93. The van der Waals surface area contributed by atoms with Gasteiger partial charge in [0.15, 0.2) is 0 Å². The van der Waals surface area contributed by atoms with E-state index in [2.05, 4.69) is 10.6 Å². The van der Waals surface area contributed by atoms with Crippen molar-refractivity contribution in [3.63, 3.8) is 0 Å². The molecule has 0 aromatic heterocycles. The predicted molar refractivity (Wildman–Crippen MR) is 166 cm³/mol. The number of hydrogen-bond acceptors (Lipinski definition) is 6. The molecule has 0 bridgehead atoms. The molecule has 0 fully saturated rings. The predicted octanol–water partition coefficient (Wildman–Crippen LogP) is 4.25. The van der Waals surface area contributed by atoms with Crippen LogP contribution in [0.15, 0.2) is 66.7 Å². The molecule has 0 saturated carbocycles. The Morgan fingerprint density at radius 1 is 0.905 bits per heavy atom. The van der Waals surface area contributed by atoms with Crippen molar-refractivity contribution in [1.82, 2.24) is 15.5 Å². The van der Waals surface area contributed by atoms with Crippen molar-refractivity contribution in [3.05, 3.63) is 100 Å². The van der Waals surface area contributed by atoms with E-state index in [0.717, 1.165) is 40.8 Å². The number of nitrogens with one attached hydrogen (secondary N) is 2. The van der Waals surface area contributed by atoms with Gasteiger partial charge in [0.05, 0.1) is 25.9 Å². The molecule has 3 aromatic rings. The van der Waals surface area contributed by atoms with Crippen LogP contribution in [-0.4, -0.2) is 65.8 Å². The van der Waals surface area contributed by atoms with Crippen LogP contribution in [-0.2, 0) is 19.6 Å². The number of nitrogens with zero attached hydrogens (tertiary/aromatic N) is 1. The molecule has 8 heteroatoms. The summed E-state index contributed by atoms with van der Waals surface area (Å²) in [4.78, 5) is 28.6. The van der Waals surface area contributed by atoms with Gasteiger partial charge in [-0.25, -0.2) is 0 Å². The first-order valence-corrected chi connectivity index (χ1v) is 14.7. The summed E-state index contributed by atoms with van der Waals surface area (Å²) in [7, 11) is 1.62. The summed E-state index contributed by atoms with van der Waals surface area (Å²) in [6.45, 7) is 7.99. The number of ether oxygens (including phenoxy) is 1. The second-order valence-corrected chi connectivity index (χ2v) is 10.7. The molecule has 42 heavy (non-hydrogen) atoms. The summed E-state index contributed by atoms with van der Waals surface area (Å²) in [6.07, 6.45) is 1.20. The average Bonchev–Trinajstić information content (AvgIpc) is 3.00. The number of aliphatic hydroxyl groups is 2. The van der Waals surface area contributed by atoms with Crippen molar-refractivity contribution in [2.24, 2.45) is 0 Å². The zero-order chi connectivity index (χ0) is 30.5. The summed E-state index contributed by atoms with van der Waals surface area (Å²) in [6, 6.07) is 19.7. The average molecular weight is 576 g/mol. The maximum absolute atomic E-state index is 13.5. The van der Waals surface area contributed by atoms with Gasteiger partial charge >= 0.3 is 0 Å². The molecule has 0 heterocycles. The number of amides is 2. The fraction of sp³-hybridized carbons (Fsp3) is 0.412. The lowest BCUT2D eigenvalue weighted by Gasteiger charge is -2.25. The molecule has 3 aromatic carbocycles. The van der Waals surface area contributed by atoms with E-state index in [0.29, 0.717) is 37.2 Å². The lowest BCUT2D eigenvalue weighted by molar-refractivity contribution is 0.0755. The monoisotopic (exact) mass is 575 g/mol. The summed E-state index contributed by atoms with van der Waals surface area (Å²) in [5.74, 6) is 0.322. The Morgan fingerprint density at radius 3 is 2.21 bits per heavy atom. The first-order chi connectivity index (χ1) is 20.3. The highest BCUT2D eigenvalue weighted by atomic mass is 16.5. The van der Waals surface area contributed by atoms with Crippen LogP contribution < -0.4 is 15.4 Å². The van der Waals surface area contributed by atoms with Crippen molar-refractivity contribution in [2.75, 3.05) is 26.7 Å². The van der Waals surface area contributed by atoms with Gasteiger partial charge in [-0.05, 0) is 78.8 Å². The molecule has 0 aliphatic heterocycles. The van der Waals surface area contributed by atoms with Gasteiger partial charge in [0.25, 0.3) is 11.8 Å². The highest BCUT2D eigenvalue weighted by Crippen LogP contribution is 2.16. The molecule has 0 saturated heterocycles. The van der Waals surface area contributed by atoms with Crippen molar-refractivity contribution in [3.8, 4) is 5.75 Å². The zero-order valence-electron chi connectivity index (χ0n) is 25.2. The SMILES string of the molecule is CCCN(CCC)C(=O)c1cc(C)cc(C(=O)N[C@@H](Cc2ccc(CO)cc2)[C@H](O)CNCc2cccc(OC)c2)c1. The number of benzene rings is 3. The molecule has 0 aliphatic rings. The van der Waals surface area contributed by atoms with Crippen LogP contribution in [0.25, 0.3) is 0 Å². The van der Waals surface area contributed by atoms with Crippen molar-refractivity contribution in [1.29, 1.82) is 0 Å². The van der Waals surface area contributed by atoms with Gasteiger partial charge in [-0.2, -0.15) is 0 Å². The molecule has 226 valence electrons. The first kappa shape index (κ1) is 32.8. The number of carbonyl (C=O) groups is 2. The minimum Gasteiger partial charge on any atom is -0.497 e. The van der Waals surface area contributed by atoms with E-state index in [1.54, 1.807) is 19.2 Å². The van der Waals surface area contributed by atoms with Crippen molar-refractivity contribution >= 4 is 11.8 Å². The van der Waals surface area contributed by atoms with Crippen molar-refractivity contribution < 1.29 is 24.5 Å². The number of methoxy groups -OCH3 is 1. The highest BCUT2D eigenvalue weighted by molar-refractivity contribution is 6.00. The van der Waals surface area contributed by atoms with E-state index in [9.17, 15) is 19.8 Å². The number of carbonyl (C=O) groups excluding carboxylic acids is 2. The molecule has 2 atom stereocenters. The molecule has 0 radical (unpaired) electrons. The Bertz CT molecular complexity index is 1290. The smallest absolute Gasteiger partial charge is 0.253 e. The second kappa shape index (κ2) is 16.7. The van der Waals surface area contributed by atoms with Crippen LogP contribution in [0, 0.1) is 6.92 Å². The van der Waals surface area contributed by atoms with Gasteiger partial charge in [0.1, 0.15) is 5.75 Å². The maximum atomic E-state index is 13.5. The normalized spacial score (nSPS) is 12.4. The highest BCUT2D eigenvalue weighted by Gasteiger charge is 2.24. The Balaban J connectivity index is 1.78. The van der Waals surface area contributed by atoms with Crippen LogP contribution in [0.1, 0.15) is 69.7 Å². The van der Waals surface area contributed by atoms with E-state index in [1.165, 1.54) is 0 Å². The molecule has 3 rings (SSSR count). The third kappa shape index (κ3) is 9.69. The van der Waals surface area contributed by atoms with Gasteiger partial charge in [-0.1, -0.05) is 50.2 Å². The summed E-state index contributed by atoms with van der Waals surface area (Å²) < 4.78 is 5.29. The summed E-state index contributed by atoms with van der Waals surface area (Å²) >= 11 is 0. The molecule has 2 amide bonds. The Labute approximate surface area is 249 Å². The summed E-state index contributed by atoms with van der Waals surface area (Å²) in [5.41, 5.74) is 4.40. The minimum atomic E-state index is -0.896. The van der Waals surface area contributed by atoms with E-state index >= 15 is 0 Å².